The van der Waals surface area contributed by atoms with Gasteiger partial charge in [-0.2, -0.15) is 0 Å². The van der Waals surface area contributed by atoms with Crippen LogP contribution in [-0.2, 0) is 24.7 Å². The van der Waals surface area contributed by atoms with E-state index >= 15 is 0 Å². The summed E-state index contributed by atoms with van der Waals surface area (Å²) in [5.74, 6) is -0.111. The molecule has 23 heavy (non-hydrogen) atoms. The number of hydrogen-bond acceptors (Lipinski definition) is 4. The number of Topliss-reactive ketones (excluding diaryl/α,β-unsaturated/α-hetero) is 2. The van der Waals surface area contributed by atoms with Crippen molar-refractivity contribution >= 4 is 34.8 Å². The van der Waals surface area contributed by atoms with Crippen LogP contribution in [0.2, 0.25) is 10.0 Å². The van der Waals surface area contributed by atoms with Gasteiger partial charge in [0.2, 0.25) is 0 Å². The predicted octanol–water partition coefficient (Wildman–Crippen LogP) is 2.39. The molecule has 118 valence electrons. The van der Waals surface area contributed by atoms with Crippen LogP contribution in [0.1, 0.15) is 12.0 Å². The van der Waals surface area contributed by atoms with E-state index < -0.39 is 11.7 Å². The molecule has 0 N–H and O–H groups in total. The minimum Gasteiger partial charge on any atom is -0.369 e. The van der Waals surface area contributed by atoms with Gasteiger partial charge in [0, 0.05) is 27.4 Å². The quantitative estimate of drug-likeness (QED) is 0.729. The predicted molar refractivity (Wildman–Crippen MR) is 80.3 cm³/mol. The van der Waals surface area contributed by atoms with Crippen LogP contribution < -0.4 is 0 Å². The number of fused-ring (bicyclic) bond motifs is 9. The summed E-state index contributed by atoms with van der Waals surface area (Å²) >= 11 is 12.4. The second-order valence-electron chi connectivity index (χ2n) is 7.30. The number of hydrogen-bond donors (Lipinski definition) is 0. The summed E-state index contributed by atoms with van der Waals surface area (Å²) in [6, 6.07) is 4.97. The second kappa shape index (κ2) is 3.83. The summed E-state index contributed by atoms with van der Waals surface area (Å²) in [6.07, 6.45) is 0.580. The lowest BCUT2D eigenvalue weighted by Crippen LogP contribution is -2.50. The summed E-state index contributed by atoms with van der Waals surface area (Å²) in [4.78, 5) is 26.2. The van der Waals surface area contributed by atoms with Crippen LogP contribution in [0.4, 0.5) is 0 Å². The zero-order chi connectivity index (χ0) is 15.7. The molecule has 3 saturated carbocycles. The fourth-order valence-corrected chi connectivity index (χ4v) is 5.96. The molecule has 6 rings (SSSR count). The SMILES string of the molecule is O=C1[C@@H]2[C@H]3C[C@@H]([C@@H]4O[C@H]34)[C@@H]2C(=O)[C@@]2(c3cc(Cl)ccc3Cl)O[C@H]12. The first-order chi connectivity index (χ1) is 11.0. The number of rotatable bonds is 1. The third kappa shape index (κ3) is 1.36. The molecule has 2 saturated heterocycles. The van der Waals surface area contributed by atoms with Gasteiger partial charge in [-0.05, 0) is 36.5 Å². The maximum absolute atomic E-state index is 13.3. The van der Waals surface area contributed by atoms with Gasteiger partial charge < -0.3 is 9.47 Å². The van der Waals surface area contributed by atoms with Crippen molar-refractivity contribution in [3.63, 3.8) is 0 Å². The second-order valence-corrected chi connectivity index (χ2v) is 8.15. The third-order valence-corrected chi connectivity index (χ3v) is 7.02. The van der Waals surface area contributed by atoms with Crippen molar-refractivity contribution < 1.29 is 19.1 Å². The van der Waals surface area contributed by atoms with E-state index in [0.29, 0.717) is 15.6 Å². The van der Waals surface area contributed by atoms with Crippen molar-refractivity contribution in [1.29, 1.82) is 0 Å². The Morgan fingerprint density at radius 2 is 1.83 bits per heavy atom. The van der Waals surface area contributed by atoms with Gasteiger partial charge in [-0.15, -0.1) is 0 Å². The van der Waals surface area contributed by atoms with Crippen molar-refractivity contribution in [3.05, 3.63) is 33.8 Å². The molecule has 1 aromatic carbocycles. The Morgan fingerprint density at radius 1 is 1.09 bits per heavy atom. The largest absolute Gasteiger partial charge is 0.369 e. The van der Waals surface area contributed by atoms with Crippen molar-refractivity contribution in [3.8, 4) is 0 Å². The van der Waals surface area contributed by atoms with E-state index in [4.69, 9.17) is 32.7 Å². The zero-order valence-corrected chi connectivity index (χ0v) is 13.4. The molecule has 4 nitrogen and oxygen atoms in total. The van der Waals surface area contributed by atoms with Gasteiger partial charge in [-0.3, -0.25) is 9.59 Å². The average molecular weight is 351 g/mol. The minimum atomic E-state index is -1.21. The lowest BCUT2D eigenvalue weighted by molar-refractivity contribution is -0.140. The molecule has 5 fully saturated rings. The fourth-order valence-electron chi connectivity index (χ4n) is 5.53. The topological polar surface area (TPSA) is 59.2 Å². The van der Waals surface area contributed by atoms with E-state index in [1.807, 2.05) is 0 Å². The lowest BCUT2D eigenvalue weighted by Gasteiger charge is -2.32. The Hall–Kier alpha value is -0.940. The molecule has 0 unspecified atom stereocenters. The monoisotopic (exact) mass is 350 g/mol. The Bertz CT molecular complexity index is 808. The van der Waals surface area contributed by atoms with Crippen LogP contribution in [0.15, 0.2) is 18.2 Å². The first kappa shape index (κ1) is 13.4. The highest BCUT2D eigenvalue weighted by molar-refractivity contribution is 6.34. The molecule has 0 radical (unpaired) electrons. The number of carbonyl (C=O) groups is 2. The van der Waals surface area contributed by atoms with E-state index in [1.54, 1.807) is 18.2 Å². The van der Waals surface area contributed by atoms with Crippen LogP contribution in [-0.4, -0.2) is 29.9 Å². The molecular weight excluding hydrogens is 339 g/mol. The van der Waals surface area contributed by atoms with E-state index in [1.165, 1.54) is 0 Å². The van der Waals surface area contributed by atoms with Gasteiger partial charge in [0.1, 0.15) is 0 Å². The van der Waals surface area contributed by atoms with Crippen LogP contribution in [0.25, 0.3) is 0 Å². The zero-order valence-electron chi connectivity index (χ0n) is 11.9. The van der Waals surface area contributed by atoms with Gasteiger partial charge in [0.25, 0.3) is 0 Å². The first-order valence-electron chi connectivity index (χ1n) is 7.91. The normalized spacial score (nSPS) is 51.3. The molecule has 0 spiro atoms. The third-order valence-electron chi connectivity index (χ3n) is 6.46. The number of epoxide rings is 2. The number of ether oxygens (including phenoxy) is 2. The molecule has 2 heterocycles. The van der Waals surface area contributed by atoms with E-state index in [0.717, 1.165) is 6.42 Å². The molecule has 2 bridgehead atoms. The Morgan fingerprint density at radius 3 is 2.61 bits per heavy atom. The first-order valence-corrected chi connectivity index (χ1v) is 8.66. The summed E-state index contributed by atoms with van der Waals surface area (Å²) in [6.45, 7) is 0. The van der Waals surface area contributed by atoms with Crippen LogP contribution in [0.3, 0.4) is 0 Å². The van der Waals surface area contributed by atoms with Gasteiger partial charge in [-0.1, -0.05) is 23.2 Å². The molecule has 8 atom stereocenters. The summed E-state index contributed by atoms with van der Waals surface area (Å²) in [5.41, 5.74) is -0.681. The minimum absolute atomic E-state index is 0.00211. The molecule has 0 amide bonds. The van der Waals surface area contributed by atoms with E-state index in [9.17, 15) is 9.59 Å². The molecule has 3 aliphatic carbocycles. The molecule has 2 aliphatic heterocycles. The lowest BCUT2D eigenvalue weighted by atomic mass is 9.64. The van der Waals surface area contributed by atoms with Crippen LogP contribution in [0, 0.1) is 23.7 Å². The van der Waals surface area contributed by atoms with Crippen molar-refractivity contribution in [2.45, 2.75) is 30.3 Å². The Kier molecular flexibility index (Phi) is 2.22. The highest BCUT2D eigenvalue weighted by Gasteiger charge is 2.81. The number of carbonyl (C=O) groups excluding carboxylic acids is 2. The van der Waals surface area contributed by atoms with Gasteiger partial charge in [-0.25, -0.2) is 0 Å². The summed E-state index contributed by atoms with van der Waals surface area (Å²) in [7, 11) is 0. The highest BCUT2D eigenvalue weighted by Crippen LogP contribution is 2.68. The number of ketones is 2. The molecular formula is C17H12Cl2O4. The van der Waals surface area contributed by atoms with Crippen molar-refractivity contribution in [2.24, 2.45) is 23.7 Å². The standard InChI is InChI=1S/C17H12Cl2O4/c18-5-1-2-9(19)8(3-5)17-15(21)11-7-4-6(13-14(7)22-13)10(11)12(20)16(17)23-17/h1-3,6-7,10-11,13-14,16H,4H2/t6-,7-,10-,11+,13-,14+,16-,17-/m1/s1. The Balaban J connectivity index is 1.50. The molecule has 0 aromatic heterocycles. The van der Waals surface area contributed by atoms with Gasteiger partial charge >= 0.3 is 0 Å². The van der Waals surface area contributed by atoms with Crippen LogP contribution in [0.5, 0.6) is 0 Å². The van der Waals surface area contributed by atoms with E-state index in [-0.39, 0.29) is 47.4 Å². The summed E-state index contributed by atoms with van der Waals surface area (Å²) in [5, 5.41) is 0.897. The maximum Gasteiger partial charge on any atom is 0.187 e. The van der Waals surface area contributed by atoms with Crippen molar-refractivity contribution in [2.75, 3.05) is 0 Å². The molecule has 5 aliphatic rings. The average Bonchev–Trinajstić information content (AvgIpc) is 3.42. The van der Waals surface area contributed by atoms with Crippen LogP contribution >= 0.6 is 23.2 Å². The number of benzene rings is 1. The van der Waals surface area contributed by atoms with Gasteiger partial charge in [0.15, 0.2) is 23.3 Å². The maximum atomic E-state index is 13.3. The molecule has 6 heteroatoms. The summed E-state index contributed by atoms with van der Waals surface area (Å²) < 4.78 is 11.4. The van der Waals surface area contributed by atoms with Gasteiger partial charge in [0.05, 0.1) is 12.2 Å². The highest BCUT2D eigenvalue weighted by atomic mass is 35.5. The molecule has 1 aromatic rings. The smallest absolute Gasteiger partial charge is 0.187 e. The van der Waals surface area contributed by atoms with Crippen molar-refractivity contribution in [1.82, 2.24) is 0 Å². The Labute approximate surface area is 142 Å². The fraction of sp³-hybridized carbons (Fsp3) is 0.529. The number of halogens is 2. The van der Waals surface area contributed by atoms with E-state index in [2.05, 4.69) is 0 Å².